The minimum absolute atomic E-state index is 0.207. The van der Waals surface area contributed by atoms with Crippen molar-refractivity contribution in [3.8, 4) is 0 Å². The van der Waals surface area contributed by atoms with Crippen molar-refractivity contribution < 1.29 is 19.4 Å². The molecular formula is C18H21N3O4. The lowest BCUT2D eigenvalue weighted by atomic mass is 10.1. The maximum atomic E-state index is 12.6. The molecule has 132 valence electrons. The van der Waals surface area contributed by atoms with Gasteiger partial charge in [0.25, 0.3) is 5.91 Å². The number of amides is 1. The third kappa shape index (κ3) is 3.88. The molecule has 1 unspecified atom stereocenters. The molecular weight excluding hydrogens is 322 g/mol. The molecule has 7 nitrogen and oxygen atoms in total. The lowest BCUT2D eigenvalue weighted by Crippen LogP contribution is -2.34. The van der Waals surface area contributed by atoms with Gasteiger partial charge >= 0.3 is 5.97 Å². The summed E-state index contributed by atoms with van der Waals surface area (Å²) in [5, 5.41) is 16.4. The highest BCUT2D eigenvalue weighted by Crippen LogP contribution is 2.22. The van der Waals surface area contributed by atoms with Gasteiger partial charge in [-0.15, -0.1) is 0 Å². The average molecular weight is 343 g/mol. The van der Waals surface area contributed by atoms with E-state index in [9.17, 15) is 14.7 Å². The van der Waals surface area contributed by atoms with Gasteiger partial charge in [-0.05, 0) is 25.3 Å². The third-order valence-electron chi connectivity index (χ3n) is 4.35. The first-order chi connectivity index (χ1) is 12.1. The van der Waals surface area contributed by atoms with Crippen LogP contribution in [0, 0.1) is 6.92 Å². The van der Waals surface area contributed by atoms with E-state index in [4.69, 9.17) is 4.74 Å². The van der Waals surface area contributed by atoms with Crippen LogP contribution in [0.25, 0.3) is 0 Å². The lowest BCUT2D eigenvalue weighted by Gasteiger charge is -2.22. The van der Waals surface area contributed by atoms with Crippen LogP contribution in [0.1, 0.15) is 46.5 Å². The Balaban J connectivity index is 1.78. The van der Waals surface area contributed by atoms with Gasteiger partial charge in [0.2, 0.25) is 0 Å². The molecule has 0 spiro atoms. The van der Waals surface area contributed by atoms with E-state index in [1.54, 1.807) is 41.9 Å². The zero-order valence-electron chi connectivity index (χ0n) is 14.0. The highest BCUT2D eigenvalue weighted by atomic mass is 16.5. The van der Waals surface area contributed by atoms with Crippen LogP contribution in [0.4, 0.5) is 0 Å². The largest absolute Gasteiger partial charge is 0.479 e. The second-order valence-corrected chi connectivity index (χ2v) is 6.14. The summed E-state index contributed by atoms with van der Waals surface area (Å²) in [7, 11) is 0. The molecule has 2 heterocycles. The number of carbonyl (C=O) groups is 2. The highest BCUT2D eigenvalue weighted by Gasteiger charge is 2.26. The molecule has 1 aliphatic rings. The number of hydrogen-bond acceptors (Lipinski definition) is 4. The van der Waals surface area contributed by atoms with E-state index in [0.717, 1.165) is 18.4 Å². The predicted octanol–water partition coefficient (Wildman–Crippen LogP) is 2.10. The number of aliphatic carboxylic acids is 1. The van der Waals surface area contributed by atoms with Crippen molar-refractivity contribution in [2.45, 2.75) is 31.8 Å². The van der Waals surface area contributed by atoms with Crippen LogP contribution >= 0.6 is 0 Å². The summed E-state index contributed by atoms with van der Waals surface area (Å²) < 4.78 is 7.14. The fraction of sp³-hybridized carbons (Fsp3) is 0.389. The fourth-order valence-electron chi connectivity index (χ4n) is 2.98. The molecule has 25 heavy (non-hydrogen) atoms. The lowest BCUT2D eigenvalue weighted by molar-refractivity contribution is -0.139. The van der Waals surface area contributed by atoms with Gasteiger partial charge in [0.05, 0.1) is 6.04 Å². The van der Waals surface area contributed by atoms with E-state index < -0.39 is 17.9 Å². The van der Waals surface area contributed by atoms with E-state index >= 15 is 0 Å². The molecule has 1 fully saturated rings. The Kier molecular flexibility index (Phi) is 5.14. The number of nitrogens with one attached hydrogen (secondary N) is 1. The Morgan fingerprint density at radius 1 is 1.28 bits per heavy atom. The monoisotopic (exact) mass is 343 g/mol. The van der Waals surface area contributed by atoms with Gasteiger partial charge in [-0.3, -0.25) is 9.48 Å². The van der Waals surface area contributed by atoms with Crippen molar-refractivity contribution in [1.82, 2.24) is 15.1 Å². The van der Waals surface area contributed by atoms with Gasteiger partial charge in [-0.1, -0.05) is 30.3 Å². The zero-order chi connectivity index (χ0) is 17.8. The van der Waals surface area contributed by atoms with Gasteiger partial charge in [-0.25, -0.2) is 4.79 Å². The quantitative estimate of drug-likeness (QED) is 0.867. The number of rotatable bonds is 5. The molecule has 1 amide bonds. The van der Waals surface area contributed by atoms with E-state index in [-0.39, 0.29) is 11.7 Å². The molecule has 1 atom stereocenters. The number of aromatic nitrogens is 2. The standard InChI is InChI=1S/C18H21N3O4/c1-12-11-21(14-7-9-25-10-8-14)20-15(12)17(22)19-16(18(23)24)13-5-3-2-4-6-13/h2-6,11,14,16H,7-10H2,1H3,(H,19,22)(H,23,24). The fourth-order valence-corrected chi connectivity index (χ4v) is 2.98. The summed E-state index contributed by atoms with van der Waals surface area (Å²) in [5.74, 6) is -1.60. The van der Waals surface area contributed by atoms with E-state index in [0.29, 0.717) is 18.8 Å². The number of aryl methyl sites for hydroxylation is 1. The highest BCUT2D eigenvalue weighted by molar-refractivity contribution is 5.96. The van der Waals surface area contributed by atoms with E-state index in [1.807, 2.05) is 6.20 Å². The van der Waals surface area contributed by atoms with E-state index in [1.165, 1.54) is 0 Å². The number of carbonyl (C=O) groups excluding carboxylic acids is 1. The Morgan fingerprint density at radius 3 is 2.60 bits per heavy atom. The molecule has 1 aliphatic heterocycles. The number of benzene rings is 1. The maximum absolute atomic E-state index is 12.6. The molecule has 7 heteroatoms. The average Bonchev–Trinajstić information content (AvgIpc) is 3.02. The third-order valence-corrected chi connectivity index (χ3v) is 4.35. The van der Waals surface area contributed by atoms with E-state index in [2.05, 4.69) is 10.4 Å². The van der Waals surface area contributed by atoms with Crippen LogP contribution in [0.5, 0.6) is 0 Å². The minimum Gasteiger partial charge on any atom is -0.479 e. The normalized spacial score (nSPS) is 16.4. The van der Waals surface area contributed by atoms with Crippen LogP contribution in [-0.2, 0) is 9.53 Å². The number of nitrogens with zero attached hydrogens (tertiary/aromatic N) is 2. The summed E-state index contributed by atoms with van der Waals surface area (Å²) >= 11 is 0. The predicted molar refractivity (Wildman–Crippen MR) is 90.3 cm³/mol. The molecule has 3 rings (SSSR count). The van der Waals surface area contributed by atoms with Crippen LogP contribution in [-0.4, -0.2) is 40.0 Å². The Morgan fingerprint density at radius 2 is 1.96 bits per heavy atom. The van der Waals surface area contributed by atoms with Gasteiger partial charge in [0.15, 0.2) is 11.7 Å². The summed E-state index contributed by atoms with van der Waals surface area (Å²) in [6.07, 6.45) is 3.54. The molecule has 2 N–H and O–H groups in total. The first kappa shape index (κ1) is 17.2. The van der Waals surface area contributed by atoms with Gasteiger partial charge < -0.3 is 15.2 Å². The summed E-state index contributed by atoms with van der Waals surface area (Å²) in [6, 6.07) is 7.72. The molecule has 1 saturated heterocycles. The van der Waals surface area contributed by atoms with Crippen molar-refractivity contribution in [3.63, 3.8) is 0 Å². The maximum Gasteiger partial charge on any atom is 0.330 e. The second kappa shape index (κ2) is 7.48. The Hall–Kier alpha value is -2.67. The van der Waals surface area contributed by atoms with Crippen molar-refractivity contribution in [3.05, 3.63) is 53.3 Å². The molecule has 0 radical (unpaired) electrons. The second-order valence-electron chi connectivity index (χ2n) is 6.14. The first-order valence-corrected chi connectivity index (χ1v) is 8.28. The number of carboxylic acid groups (broad SMARTS) is 1. The first-order valence-electron chi connectivity index (χ1n) is 8.28. The van der Waals surface area contributed by atoms with Crippen molar-refractivity contribution in [1.29, 1.82) is 0 Å². The van der Waals surface area contributed by atoms with Crippen molar-refractivity contribution in [2.75, 3.05) is 13.2 Å². The number of carboxylic acids is 1. The minimum atomic E-state index is -1.11. The molecule has 0 saturated carbocycles. The number of ether oxygens (including phenoxy) is 1. The molecule has 1 aromatic carbocycles. The Bertz CT molecular complexity index is 751. The SMILES string of the molecule is Cc1cn(C2CCOCC2)nc1C(=O)NC(C(=O)O)c1ccccc1. The van der Waals surface area contributed by atoms with Gasteiger partial charge in [0.1, 0.15) is 0 Å². The number of hydrogen-bond donors (Lipinski definition) is 2. The molecule has 0 bridgehead atoms. The summed E-state index contributed by atoms with van der Waals surface area (Å²) in [5.41, 5.74) is 1.50. The molecule has 0 aliphatic carbocycles. The molecule has 1 aromatic heterocycles. The molecule has 2 aromatic rings. The van der Waals surface area contributed by atoms with Crippen LogP contribution in [0.15, 0.2) is 36.5 Å². The zero-order valence-corrected chi connectivity index (χ0v) is 14.0. The van der Waals surface area contributed by atoms with Crippen molar-refractivity contribution >= 4 is 11.9 Å². The van der Waals surface area contributed by atoms with Crippen LogP contribution in [0.3, 0.4) is 0 Å². The van der Waals surface area contributed by atoms with Gasteiger partial charge in [0, 0.05) is 25.0 Å². The Labute approximate surface area is 145 Å². The smallest absolute Gasteiger partial charge is 0.330 e. The summed E-state index contributed by atoms with van der Waals surface area (Å²) in [4.78, 5) is 24.1. The summed E-state index contributed by atoms with van der Waals surface area (Å²) in [6.45, 7) is 3.16. The van der Waals surface area contributed by atoms with Gasteiger partial charge in [-0.2, -0.15) is 5.10 Å². The van der Waals surface area contributed by atoms with Crippen LogP contribution in [0.2, 0.25) is 0 Å². The topological polar surface area (TPSA) is 93.5 Å². The van der Waals surface area contributed by atoms with Crippen LogP contribution < -0.4 is 5.32 Å². The van der Waals surface area contributed by atoms with Crippen molar-refractivity contribution in [2.24, 2.45) is 0 Å².